The minimum Gasteiger partial charge on any atom is -0.472 e. The van der Waals surface area contributed by atoms with Crippen LogP contribution in [0.5, 0.6) is 0 Å². The number of rotatable bonds is 7. The number of benzene rings is 1. The van der Waals surface area contributed by atoms with Crippen LogP contribution in [-0.4, -0.2) is 52.1 Å². The number of fused-ring (bicyclic) bond motifs is 1. The number of aromatic nitrogens is 2. The lowest BCUT2D eigenvalue weighted by molar-refractivity contribution is 0.178. The van der Waals surface area contributed by atoms with Crippen molar-refractivity contribution in [1.29, 1.82) is 0 Å². The molecular weight excluding hydrogens is 395 g/mol. The average molecular weight is 427 g/mol. The summed E-state index contributed by atoms with van der Waals surface area (Å²) in [5.74, 6) is 0.336. The van der Waals surface area contributed by atoms with Crippen LogP contribution in [-0.2, 0) is 6.54 Å². The van der Waals surface area contributed by atoms with Crippen LogP contribution in [0.1, 0.15) is 50.5 Å². The summed E-state index contributed by atoms with van der Waals surface area (Å²) in [4.78, 5) is 23.4. The van der Waals surface area contributed by atoms with Gasteiger partial charge in [0.05, 0.1) is 36.0 Å². The molecule has 0 aliphatic carbocycles. The number of furan rings is 1. The van der Waals surface area contributed by atoms with Gasteiger partial charge in [0.2, 0.25) is 0 Å². The molecule has 1 aliphatic rings. The summed E-state index contributed by atoms with van der Waals surface area (Å²) >= 11 is 0. The van der Waals surface area contributed by atoms with Gasteiger partial charge in [0.15, 0.2) is 0 Å². The monoisotopic (exact) mass is 426 g/mol. The highest BCUT2D eigenvalue weighted by Crippen LogP contribution is 2.27. The molecule has 0 spiro atoms. The third-order valence-electron chi connectivity index (χ3n) is 6.24. The zero-order chi connectivity index (χ0) is 21.8. The van der Waals surface area contributed by atoms with Crippen molar-refractivity contribution in [3.63, 3.8) is 0 Å². The van der Waals surface area contributed by atoms with E-state index < -0.39 is 5.82 Å². The quantitative estimate of drug-likeness (QED) is 0.571. The predicted octanol–water partition coefficient (Wildman–Crippen LogP) is 4.05. The molecule has 6 nitrogen and oxygen atoms in total. The van der Waals surface area contributed by atoms with Gasteiger partial charge < -0.3 is 9.32 Å². The van der Waals surface area contributed by atoms with Gasteiger partial charge in [-0.3, -0.25) is 14.3 Å². The van der Waals surface area contributed by atoms with E-state index in [1.165, 1.54) is 12.1 Å². The summed E-state index contributed by atoms with van der Waals surface area (Å²) in [5.41, 5.74) is 1.24. The predicted molar refractivity (Wildman–Crippen MR) is 120 cm³/mol. The van der Waals surface area contributed by atoms with Crippen molar-refractivity contribution in [3.05, 3.63) is 64.4 Å². The van der Waals surface area contributed by atoms with Crippen molar-refractivity contribution < 1.29 is 8.81 Å². The van der Waals surface area contributed by atoms with Crippen LogP contribution in [0.4, 0.5) is 4.39 Å². The fourth-order valence-electron chi connectivity index (χ4n) is 4.55. The Morgan fingerprint density at radius 1 is 1.16 bits per heavy atom. The molecule has 0 amide bonds. The molecule has 4 rings (SSSR count). The topological polar surface area (TPSA) is 54.5 Å². The Morgan fingerprint density at radius 3 is 2.77 bits per heavy atom. The maximum absolute atomic E-state index is 13.9. The van der Waals surface area contributed by atoms with Crippen LogP contribution in [0.2, 0.25) is 0 Å². The van der Waals surface area contributed by atoms with Crippen LogP contribution in [0.3, 0.4) is 0 Å². The standard InChI is InChI=1S/C24H31FN4O2/c1-3-6-22(28-11-5-10-27(4-2)12-13-28)23-26-21-8-7-19(25)15-20(21)24(30)29(23)16-18-9-14-31-17-18/h7-9,14-15,17,22H,3-6,10-13,16H2,1-2H3/t22-/m1/s1. The number of halogens is 1. The van der Waals surface area contributed by atoms with Crippen LogP contribution in [0, 0.1) is 5.82 Å². The summed E-state index contributed by atoms with van der Waals surface area (Å²) in [7, 11) is 0. The molecule has 3 aromatic rings. The fraction of sp³-hybridized carbons (Fsp3) is 0.500. The van der Waals surface area contributed by atoms with Gasteiger partial charge in [0, 0.05) is 25.2 Å². The molecule has 0 saturated carbocycles. The van der Waals surface area contributed by atoms with Gasteiger partial charge in [0.1, 0.15) is 11.6 Å². The molecule has 166 valence electrons. The Balaban J connectivity index is 1.82. The molecule has 1 saturated heterocycles. The van der Waals surface area contributed by atoms with E-state index in [0.717, 1.165) is 63.4 Å². The van der Waals surface area contributed by atoms with E-state index in [9.17, 15) is 9.18 Å². The second-order valence-electron chi connectivity index (χ2n) is 8.28. The zero-order valence-corrected chi connectivity index (χ0v) is 18.4. The molecule has 3 heterocycles. The normalized spacial score (nSPS) is 17.1. The van der Waals surface area contributed by atoms with Crippen LogP contribution >= 0.6 is 0 Å². The van der Waals surface area contributed by atoms with Gasteiger partial charge in [-0.15, -0.1) is 0 Å². The lowest BCUT2D eigenvalue weighted by atomic mass is 10.1. The van der Waals surface area contributed by atoms with E-state index in [0.29, 0.717) is 17.4 Å². The first-order valence-electron chi connectivity index (χ1n) is 11.3. The largest absolute Gasteiger partial charge is 0.472 e. The Morgan fingerprint density at radius 2 is 2.03 bits per heavy atom. The van der Waals surface area contributed by atoms with E-state index in [4.69, 9.17) is 9.40 Å². The molecule has 1 aromatic carbocycles. The first-order valence-corrected chi connectivity index (χ1v) is 11.3. The summed E-state index contributed by atoms with van der Waals surface area (Å²) in [5, 5.41) is 0.315. The van der Waals surface area contributed by atoms with E-state index in [-0.39, 0.29) is 11.6 Å². The van der Waals surface area contributed by atoms with Gasteiger partial charge in [0.25, 0.3) is 5.56 Å². The highest BCUT2D eigenvalue weighted by molar-refractivity contribution is 5.77. The number of hydrogen-bond acceptors (Lipinski definition) is 5. The average Bonchev–Trinajstić information content (AvgIpc) is 3.17. The molecule has 0 unspecified atom stereocenters. The SMILES string of the molecule is CCC[C@H](c1nc2ccc(F)cc2c(=O)n1Cc1ccoc1)N1CCCN(CC)CC1. The molecule has 0 radical (unpaired) electrons. The second kappa shape index (κ2) is 9.75. The number of nitrogens with zero attached hydrogens (tertiary/aromatic N) is 4. The summed E-state index contributed by atoms with van der Waals surface area (Å²) < 4.78 is 20.9. The third-order valence-corrected chi connectivity index (χ3v) is 6.24. The van der Waals surface area contributed by atoms with Gasteiger partial charge in [-0.05, 0) is 50.2 Å². The van der Waals surface area contributed by atoms with Crippen molar-refractivity contribution in [2.75, 3.05) is 32.7 Å². The summed E-state index contributed by atoms with van der Waals surface area (Å²) in [6, 6.07) is 6.17. The van der Waals surface area contributed by atoms with Crippen LogP contribution in [0.15, 0.2) is 46.0 Å². The van der Waals surface area contributed by atoms with Crippen LogP contribution < -0.4 is 5.56 Å². The van der Waals surface area contributed by atoms with E-state index in [2.05, 4.69) is 23.6 Å². The van der Waals surface area contributed by atoms with E-state index in [1.807, 2.05) is 6.07 Å². The smallest absolute Gasteiger partial charge is 0.261 e. The van der Waals surface area contributed by atoms with Gasteiger partial charge in [-0.25, -0.2) is 9.37 Å². The molecule has 7 heteroatoms. The molecule has 2 aromatic heterocycles. The minimum atomic E-state index is -0.425. The van der Waals surface area contributed by atoms with Gasteiger partial charge in [-0.1, -0.05) is 20.3 Å². The van der Waals surface area contributed by atoms with Crippen molar-refractivity contribution in [3.8, 4) is 0 Å². The first kappa shape index (κ1) is 21.7. The Labute approximate surface area is 182 Å². The van der Waals surface area contributed by atoms with Crippen molar-refractivity contribution in [2.45, 2.75) is 45.7 Å². The Kier molecular flexibility index (Phi) is 6.83. The van der Waals surface area contributed by atoms with Crippen LogP contribution in [0.25, 0.3) is 10.9 Å². The third kappa shape index (κ3) is 4.72. The zero-order valence-electron chi connectivity index (χ0n) is 18.4. The molecular formula is C24H31FN4O2. The second-order valence-corrected chi connectivity index (χ2v) is 8.28. The summed E-state index contributed by atoms with van der Waals surface area (Å²) in [6.45, 7) is 9.81. The lowest BCUT2D eigenvalue weighted by Crippen LogP contribution is -2.38. The first-order chi connectivity index (χ1) is 15.1. The maximum Gasteiger partial charge on any atom is 0.261 e. The molecule has 31 heavy (non-hydrogen) atoms. The van der Waals surface area contributed by atoms with E-state index >= 15 is 0 Å². The molecule has 1 aliphatic heterocycles. The highest BCUT2D eigenvalue weighted by atomic mass is 19.1. The van der Waals surface area contributed by atoms with Crippen molar-refractivity contribution >= 4 is 10.9 Å². The highest BCUT2D eigenvalue weighted by Gasteiger charge is 2.27. The Bertz CT molecular complexity index is 1060. The number of hydrogen-bond donors (Lipinski definition) is 0. The molecule has 0 bridgehead atoms. The maximum atomic E-state index is 13.9. The minimum absolute atomic E-state index is 0.0378. The Hall–Kier alpha value is -2.51. The fourth-order valence-corrected chi connectivity index (χ4v) is 4.55. The summed E-state index contributed by atoms with van der Waals surface area (Å²) in [6.07, 6.45) is 6.24. The number of likely N-dealkylation sites (N-methyl/N-ethyl adjacent to an activating group) is 1. The van der Waals surface area contributed by atoms with Gasteiger partial charge in [-0.2, -0.15) is 0 Å². The van der Waals surface area contributed by atoms with Crippen molar-refractivity contribution in [2.24, 2.45) is 0 Å². The molecule has 0 N–H and O–H groups in total. The van der Waals surface area contributed by atoms with E-state index in [1.54, 1.807) is 23.2 Å². The molecule has 1 fully saturated rings. The molecule has 1 atom stereocenters. The van der Waals surface area contributed by atoms with Crippen molar-refractivity contribution in [1.82, 2.24) is 19.4 Å². The van der Waals surface area contributed by atoms with Gasteiger partial charge >= 0.3 is 0 Å². The lowest BCUT2D eigenvalue weighted by Gasteiger charge is -2.32.